The molecule has 4 saturated carbocycles. The molecule has 5 nitrogen and oxygen atoms in total. The molecule has 0 unspecified atom stereocenters. The Morgan fingerprint density at radius 2 is 1.67 bits per heavy atom. The minimum absolute atomic E-state index is 0.0771. The van der Waals surface area contributed by atoms with Crippen LogP contribution in [0.2, 0.25) is 0 Å². The number of carbonyl (C=O) groups is 2. The SMILES string of the molecule is C[C@H](NC(=O)C12CC3CC(CC(C3)C1)C2)C(=O)NCCO. The number of hydrogen-bond donors (Lipinski definition) is 3. The number of nitrogens with one attached hydrogen (secondary N) is 2. The summed E-state index contributed by atoms with van der Waals surface area (Å²) in [4.78, 5) is 24.6. The molecule has 3 N–H and O–H groups in total. The van der Waals surface area contributed by atoms with Crippen LogP contribution in [0, 0.1) is 23.2 Å². The van der Waals surface area contributed by atoms with E-state index in [2.05, 4.69) is 10.6 Å². The van der Waals surface area contributed by atoms with E-state index in [-0.39, 0.29) is 30.4 Å². The van der Waals surface area contributed by atoms with Gasteiger partial charge in [-0.2, -0.15) is 0 Å². The lowest BCUT2D eigenvalue weighted by molar-refractivity contribution is -0.148. The second-order valence-electron chi connectivity index (χ2n) is 7.41. The molecule has 21 heavy (non-hydrogen) atoms. The molecule has 4 rings (SSSR count). The van der Waals surface area contributed by atoms with Crippen LogP contribution in [-0.2, 0) is 9.59 Å². The van der Waals surface area contributed by atoms with Crippen LogP contribution in [0.3, 0.4) is 0 Å². The highest BCUT2D eigenvalue weighted by Crippen LogP contribution is 2.60. The van der Waals surface area contributed by atoms with Crippen molar-refractivity contribution >= 4 is 11.8 Å². The van der Waals surface area contributed by atoms with Crippen LogP contribution >= 0.6 is 0 Å². The van der Waals surface area contributed by atoms with Crippen LogP contribution < -0.4 is 10.6 Å². The van der Waals surface area contributed by atoms with Gasteiger partial charge in [-0.15, -0.1) is 0 Å². The number of aliphatic hydroxyl groups is 1. The highest BCUT2D eigenvalue weighted by molar-refractivity contribution is 5.90. The minimum Gasteiger partial charge on any atom is -0.395 e. The van der Waals surface area contributed by atoms with Gasteiger partial charge in [0.05, 0.1) is 6.61 Å². The number of carbonyl (C=O) groups excluding carboxylic acids is 2. The van der Waals surface area contributed by atoms with Crippen LogP contribution in [0.4, 0.5) is 0 Å². The molecular weight excluding hydrogens is 268 g/mol. The van der Waals surface area contributed by atoms with E-state index in [1.165, 1.54) is 19.3 Å². The van der Waals surface area contributed by atoms with Crippen LogP contribution in [0.15, 0.2) is 0 Å². The monoisotopic (exact) mass is 294 g/mol. The number of aliphatic hydroxyl groups excluding tert-OH is 1. The fourth-order valence-electron chi connectivity index (χ4n) is 5.14. The first-order valence-electron chi connectivity index (χ1n) is 8.22. The van der Waals surface area contributed by atoms with Crippen LogP contribution in [0.25, 0.3) is 0 Å². The molecule has 0 aromatic carbocycles. The lowest BCUT2D eigenvalue weighted by atomic mass is 9.49. The summed E-state index contributed by atoms with van der Waals surface area (Å²) in [5.41, 5.74) is -0.208. The van der Waals surface area contributed by atoms with Gasteiger partial charge in [0.25, 0.3) is 0 Å². The molecule has 0 aromatic heterocycles. The zero-order chi connectivity index (χ0) is 15.0. The van der Waals surface area contributed by atoms with E-state index in [0.29, 0.717) is 0 Å². The average Bonchev–Trinajstić information content (AvgIpc) is 2.43. The molecule has 4 fully saturated rings. The van der Waals surface area contributed by atoms with E-state index in [4.69, 9.17) is 5.11 Å². The number of rotatable bonds is 5. The predicted molar refractivity (Wildman–Crippen MR) is 78.3 cm³/mol. The first-order chi connectivity index (χ1) is 10.0. The molecule has 118 valence electrons. The third kappa shape index (κ3) is 2.80. The summed E-state index contributed by atoms with van der Waals surface area (Å²) >= 11 is 0. The molecule has 2 amide bonds. The van der Waals surface area contributed by atoms with Crippen LogP contribution in [-0.4, -0.2) is 36.1 Å². The van der Waals surface area contributed by atoms with Gasteiger partial charge in [-0.25, -0.2) is 0 Å². The highest BCUT2D eigenvalue weighted by atomic mass is 16.3. The number of hydrogen-bond acceptors (Lipinski definition) is 3. The summed E-state index contributed by atoms with van der Waals surface area (Å²) in [6.07, 6.45) is 6.94. The summed E-state index contributed by atoms with van der Waals surface area (Å²) in [5, 5.41) is 14.3. The fourth-order valence-corrected chi connectivity index (χ4v) is 5.14. The summed E-state index contributed by atoms with van der Waals surface area (Å²) in [5.74, 6) is 2.02. The van der Waals surface area contributed by atoms with E-state index in [9.17, 15) is 9.59 Å². The maximum atomic E-state index is 12.7. The third-order valence-electron chi connectivity index (χ3n) is 5.67. The second-order valence-corrected chi connectivity index (χ2v) is 7.41. The molecule has 0 aliphatic heterocycles. The Bertz CT molecular complexity index is 400. The van der Waals surface area contributed by atoms with Gasteiger partial charge in [0.15, 0.2) is 0 Å². The van der Waals surface area contributed by atoms with Crippen LogP contribution in [0.5, 0.6) is 0 Å². The molecule has 0 saturated heterocycles. The maximum Gasteiger partial charge on any atom is 0.242 e. The van der Waals surface area contributed by atoms with Crippen molar-refractivity contribution in [2.45, 2.75) is 51.5 Å². The van der Waals surface area contributed by atoms with Crippen molar-refractivity contribution in [2.75, 3.05) is 13.2 Å². The molecular formula is C16H26N2O3. The van der Waals surface area contributed by atoms with Gasteiger partial charge in [0, 0.05) is 12.0 Å². The maximum absolute atomic E-state index is 12.7. The van der Waals surface area contributed by atoms with Crippen molar-refractivity contribution in [1.29, 1.82) is 0 Å². The number of amides is 2. The smallest absolute Gasteiger partial charge is 0.242 e. The van der Waals surface area contributed by atoms with Crippen molar-refractivity contribution < 1.29 is 14.7 Å². The lowest BCUT2D eigenvalue weighted by Crippen LogP contribution is -2.56. The third-order valence-corrected chi connectivity index (χ3v) is 5.67. The molecule has 4 aliphatic rings. The van der Waals surface area contributed by atoms with Gasteiger partial charge < -0.3 is 15.7 Å². The largest absolute Gasteiger partial charge is 0.395 e. The van der Waals surface area contributed by atoms with Crippen molar-refractivity contribution in [1.82, 2.24) is 10.6 Å². The summed E-state index contributed by atoms with van der Waals surface area (Å²) in [7, 11) is 0. The summed E-state index contributed by atoms with van der Waals surface area (Å²) in [6.45, 7) is 1.86. The van der Waals surface area contributed by atoms with Crippen molar-refractivity contribution in [3.05, 3.63) is 0 Å². The van der Waals surface area contributed by atoms with Crippen molar-refractivity contribution in [3.8, 4) is 0 Å². The molecule has 0 heterocycles. The second kappa shape index (κ2) is 5.59. The van der Waals surface area contributed by atoms with E-state index >= 15 is 0 Å². The average molecular weight is 294 g/mol. The summed E-state index contributed by atoms with van der Waals surface area (Å²) < 4.78 is 0. The van der Waals surface area contributed by atoms with Gasteiger partial charge in [0.2, 0.25) is 11.8 Å². The first kappa shape index (κ1) is 14.8. The zero-order valence-corrected chi connectivity index (χ0v) is 12.7. The Kier molecular flexibility index (Phi) is 3.95. The predicted octanol–water partition coefficient (Wildman–Crippen LogP) is 0.816. The van der Waals surface area contributed by atoms with Gasteiger partial charge in [-0.3, -0.25) is 9.59 Å². The topological polar surface area (TPSA) is 78.4 Å². The van der Waals surface area contributed by atoms with Crippen LogP contribution in [0.1, 0.15) is 45.4 Å². The molecule has 4 bridgehead atoms. The first-order valence-corrected chi connectivity index (χ1v) is 8.22. The molecule has 0 spiro atoms. The van der Waals surface area contributed by atoms with Gasteiger partial charge >= 0.3 is 0 Å². The molecule has 0 aromatic rings. The summed E-state index contributed by atoms with van der Waals surface area (Å²) in [6, 6.07) is -0.531. The lowest BCUT2D eigenvalue weighted by Gasteiger charge is -2.55. The van der Waals surface area contributed by atoms with Crippen molar-refractivity contribution in [2.24, 2.45) is 23.2 Å². The standard InChI is InChI=1S/C16H26N2O3/c1-10(14(20)17-2-3-19)18-15(21)16-7-11-4-12(8-16)6-13(5-11)9-16/h10-13,19H,2-9H2,1H3,(H,17,20)(H,18,21)/t10-,11?,12?,13?,16?/m0/s1. The van der Waals surface area contributed by atoms with E-state index in [0.717, 1.165) is 37.0 Å². The Morgan fingerprint density at radius 1 is 1.14 bits per heavy atom. The Balaban J connectivity index is 1.61. The molecule has 4 aliphatic carbocycles. The Morgan fingerprint density at radius 3 is 2.14 bits per heavy atom. The minimum atomic E-state index is -0.531. The van der Waals surface area contributed by atoms with E-state index in [1.54, 1.807) is 6.92 Å². The quantitative estimate of drug-likeness (QED) is 0.702. The Labute approximate surface area is 125 Å². The van der Waals surface area contributed by atoms with Gasteiger partial charge in [0.1, 0.15) is 6.04 Å². The van der Waals surface area contributed by atoms with Crippen molar-refractivity contribution in [3.63, 3.8) is 0 Å². The molecule has 1 atom stereocenters. The van der Waals surface area contributed by atoms with Gasteiger partial charge in [-0.1, -0.05) is 0 Å². The van der Waals surface area contributed by atoms with E-state index in [1.807, 2.05) is 0 Å². The molecule has 0 radical (unpaired) electrons. The Hall–Kier alpha value is -1.10. The van der Waals surface area contributed by atoms with Gasteiger partial charge in [-0.05, 0) is 63.2 Å². The normalized spacial score (nSPS) is 38.1. The fraction of sp³-hybridized carbons (Fsp3) is 0.875. The van der Waals surface area contributed by atoms with E-state index < -0.39 is 6.04 Å². The highest BCUT2D eigenvalue weighted by Gasteiger charge is 2.54. The zero-order valence-electron chi connectivity index (χ0n) is 12.7. The molecule has 5 heteroatoms.